The van der Waals surface area contributed by atoms with Crippen LogP contribution in [0.1, 0.15) is 19.8 Å². The molecule has 0 aliphatic carbocycles. The monoisotopic (exact) mass is 342 g/mol. The quantitative estimate of drug-likeness (QED) is 0.835. The fourth-order valence-electron chi connectivity index (χ4n) is 2.52. The molecule has 7 heteroatoms. The molecule has 0 radical (unpaired) electrons. The third-order valence-electron chi connectivity index (χ3n) is 3.92. The van der Waals surface area contributed by atoms with Crippen LogP contribution in [0.4, 0.5) is 5.69 Å². The van der Waals surface area contributed by atoms with Gasteiger partial charge in [0.05, 0.1) is 5.75 Å². The number of amides is 1. The summed E-state index contributed by atoms with van der Waals surface area (Å²) in [7, 11) is -3.14. The summed E-state index contributed by atoms with van der Waals surface area (Å²) >= 11 is 1.63. The van der Waals surface area contributed by atoms with Crippen LogP contribution in [0.5, 0.6) is 0 Å². The van der Waals surface area contributed by atoms with E-state index in [1.54, 1.807) is 18.7 Å². The van der Waals surface area contributed by atoms with E-state index >= 15 is 0 Å². The van der Waals surface area contributed by atoms with Gasteiger partial charge in [0, 0.05) is 29.6 Å². The van der Waals surface area contributed by atoms with Gasteiger partial charge in [-0.1, -0.05) is 6.07 Å². The number of sulfonamides is 1. The third-order valence-corrected chi connectivity index (χ3v) is 6.53. The van der Waals surface area contributed by atoms with Crippen LogP contribution in [0.25, 0.3) is 0 Å². The lowest BCUT2D eigenvalue weighted by atomic mass is 9.97. The number of carbonyl (C=O) groups is 1. The Balaban J connectivity index is 1.92. The van der Waals surface area contributed by atoms with Gasteiger partial charge in [-0.3, -0.25) is 4.79 Å². The topological polar surface area (TPSA) is 66.5 Å². The van der Waals surface area contributed by atoms with E-state index in [1.165, 1.54) is 4.31 Å². The minimum absolute atomic E-state index is 0.0215. The van der Waals surface area contributed by atoms with Crippen molar-refractivity contribution in [2.75, 3.05) is 30.4 Å². The number of nitrogens with zero attached hydrogens (tertiary/aromatic N) is 1. The van der Waals surface area contributed by atoms with Crippen LogP contribution in [0.15, 0.2) is 29.2 Å². The Morgan fingerprint density at radius 1 is 1.36 bits per heavy atom. The number of carbonyl (C=O) groups excluding carboxylic acids is 1. The van der Waals surface area contributed by atoms with Crippen LogP contribution in [-0.2, 0) is 14.8 Å². The highest BCUT2D eigenvalue weighted by molar-refractivity contribution is 7.98. The van der Waals surface area contributed by atoms with Gasteiger partial charge in [-0.25, -0.2) is 12.7 Å². The molecule has 0 unspecified atom stereocenters. The van der Waals surface area contributed by atoms with Crippen molar-refractivity contribution in [3.05, 3.63) is 24.3 Å². The fraction of sp³-hybridized carbons (Fsp3) is 0.533. The SMILES string of the molecule is CCS(=O)(=O)N1CCC(C(=O)Nc2cccc(SC)c2)CC1. The molecule has 0 bridgehead atoms. The van der Waals surface area contributed by atoms with E-state index in [-0.39, 0.29) is 17.6 Å². The molecule has 22 heavy (non-hydrogen) atoms. The van der Waals surface area contributed by atoms with E-state index in [0.29, 0.717) is 25.9 Å². The Morgan fingerprint density at radius 2 is 2.05 bits per heavy atom. The Labute approximate surface area is 136 Å². The Hall–Kier alpha value is -1.05. The lowest BCUT2D eigenvalue weighted by Gasteiger charge is -2.30. The number of piperidine rings is 1. The van der Waals surface area contributed by atoms with E-state index in [0.717, 1.165) is 10.6 Å². The molecule has 0 aromatic heterocycles. The maximum atomic E-state index is 12.3. The highest BCUT2D eigenvalue weighted by atomic mass is 32.2. The van der Waals surface area contributed by atoms with E-state index in [2.05, 4.69) is 5.32 Å². The van der Waals surface area contributed by atoms with Gasteiger partial charge in [-0.05, 0) is 44.2 Å². The Kier molecular flexibility index (Phi) is 5.88. The highest BCUT2D eigenvalue weighted by Gasteiger charge is 2.30. The average Bonchev–Trinajstić information content (AvgIpc) is 2.55. The number of hydrogen-bond donors (Lipinski definition) is 1. The van der Waals surface area contributed by atoms with Crippen molar-refractivity contribution in [2.24, 2.45) is 5.92 Å². The largest absolute Gasteiger partial charge is 0.326 e. The average molecular weight is 342 g/mol. The predicted molar refractivity (Wildman–Crippen MR) is 90.6 cm³/mol. The summed E-state index contributed by atoms with van der Waals surface area (Å²) in [5.74, 6) is -0.0289. The molecule has 5 nitrogen and oxygen atoms in total. The summed E-state index contributed by atoms with van der Waals surface area (Å²) in [6, 6.07) is 7.72. The van der Waals surface area contributed by atoms with Crippen molar-refractivity contribution in [1.29, 1.82) is 0 Å². The zero-order chi connectivity index (χ0) is 16.2. The van der Waals surface area contributed by atoms with Gasteiger partial charge in [0.25, 0.3) is 0 Å². The van der Waals surface area contributed by atoms with Crippen LogP contribution >= 0.6 is 11.8 Å². The van der Waals surface area contributed by atoms with Crippen molar-refractivity contribution in [2.45, 2.75) is 24.7 Å². The number of anilines is 1. The summed E-state index contributed by atoms with van der Waals surface area (Å²) in [5.41, 5.74) is 0.792. The molecule has 1 heterocycles. The number of benzene rings is 1. The molecule has 1 aliphatic heterocycles. The molecule has 0 saturated carbocycles. The minimum Gasteiger partial charge on any atom is -0.326 e. The molecule has 1 aromatic carbocycles. The van der Waals surface area contributed by atoms with Crippen molar-refractivity contribution in [3.63, 3.8) is 0 Å². The first-order valence-corrected chi connectivity index (χ1v) is 10.2. The van der Waals surface area contributed by atoms with Crippen molar-refractivity contribution < 1.29 is 13.2 Å². The van der Waals surface area contributed by atoms with E-state index < -0.39 is 10.0 Å². The fourth-order valence-corrected chi connectivity index (χ4v) is 4.12. The molecule has 2 rings (SSSR count). The molecule has 122 valence electrons. The molecule has 1 aromatic rings. The summed E-state index contributed by atoms with van der Waals surface area (Å²) < 4.78 is 25.1. The zero-order valence-corrected chi connectivity index (χ0v) is 14.5. The van der Waals surface area contributed by atoms with Gasteiger partial charge in [-0.15, -0.1) is 11.8 Å². The number of thioether (sulfide) groups is 1. The summed E-state index contributed by atoms with van der Waals surface area (Å²) in [5, 5.41) is 2.93. The van der Waals surface area contributed by atoms with Gasteiger partial charge >= 0.3 is 0 Å². The smallest absolute Gasteiger partial charge is 0.227 e. The normalized spacial score (nSPS) is 17.4. The molecule has 0 spiro atoms. The molecule has 1 N–H and O–H groups in total. The summed E-state index contributed by atoms with van der Waals surface area (Å²) in [6.45, 7) is 2.51. The second-order valence-corrected chi connectivity index (χ2v) is 8.43. The van der Waals surface area contributed by atoms with Crippen molar-refractivity contribution in [3.8, 4) is 0 Å². The predicted octanol–water partition coefficient (Wildman–Crippen LogP) is 2.41. The molecule has 0 atom stereocenters. The maximum Gasteiger partial charge on any atom is 0.227 e. The first-order valence-electron chi connectivity index (χ1n) is 7.39. The Morgan fingerprint density at radius 3 is 2.64 bits per heavy atom. The highest BCUT2D eigenvalue weighted by Crippen LogP contribution is 2.23. The van der Waals surface area contributed by atoms with Gasteiger partial charge in [0.1, 0.15) is 0 Å². The number of hydrogen-bond acceptors (Lipinski definition) is 4. The molecule has 1 aliphatic rings. The molecule has 1 amide bonds. The van der Waals surface area contributed by atoms with Gasteiger partial charge in [0.15, 0.2) is 0 Å². The minimum atomic E-state index is -3.14. The maximum absolute atomic E-state index is 12.3. The van der Waals surface area contributed by atoms with Crippen LogP contribution in [0.2, 0.25) is 0 Å². The molecular formula is C15H22N2O3S2. The van der Waals surface area contributed by atoms with Crippen molar-refractivity contribution in [1.82, 2.24) is 4.31 Å². The van der Waals surface area contributed by atoms with Crippen LogP contribution in [-0.4, -0.2) is 43.7 Å². The van der Waals surface area contributed by atoms with Gasteiger partial charge in [-0.2, -0.15) is 0 Å². The third kappa shape index (κ3) is 4.24. The van der Waals surface area contributed by atoms with Crippen LogP contribution in [0, 0.1) is 5.92 Å². The lowest BCUT2D eigenvalue weighted by molar-refractivity contribution is -0.120. The first-order chi connectivity index (χ1) is 10.5. The van der Waals surface area contributed by atoms with E-state index in [4.69, 9.17) is 0 Å². The van der Waals surface area contributed by atoms with E-state index in [9.17, 15) is 13.2 Å². The summed E-state index contributed by atoms with van der Waals surface area (Å²) in [6.07, 6.45) is 3.14. The number of nitrogens with one attached hydrogen (secondary N) is 1. The van der Waals surface area contributed by atoms with Crippen LogP contribution < -0.4 is 5.32 Å². The lowest BCUT2D eigenvalue weighted by Crippen LogP contribution is -2.42. The summed E-state index contributed by atoms with van der Waals surface area (Å²) in [4.78, 5) is 13.4. The standard InChI is InChI=1S/C15H22N2O3S2/c1-3-22(19,20)17-9-7-12(8-10-17)15(18)16-13-5-4-6-14(11-13)21-2/h4-6,11-12H,3,7-10H2,1-2H3,(H,16,18). The Bertz CT molecular complexity index is 623. The van der Waals surface area contributed by atoms with Gasteiger partial charge < -0.3 is 5.32 Å². The second kappa shape index (κ2) is 7.48. The molecular weight excluding hydrogens is 320 g/mol. The molecule has 1 fully saturated rings. The van der Waals surface area contributed by atoms with Crippen LogP contribution in [0.3, 0.4) is 0 Å². The van der Waals surface area contributed by atoms with Gasteiger partial charge in [0.2, 0.25) is 15.9 Å². The van der Waals surface area contributed by atoms with E-state index in [1.807, 2.05) is 30.5 Å². The van der Waals surface area contributed by atoms with Crippen molar-refractivity contribution >= 4 is 33.4 Å². The first kappa shape index (κ1) is 17.3. The zero-order valence-electron chi connectivity index (χ0n) is 12.9. The number of rotatable bonds is 5. The molecule has 1 saturated heterocycles. The second-order valence-electron chi connectivity index (χ2n) is 5.30.